The second kappa shape index (κ2) is 25.9. The van der Waals surface area contributed by atoms with E-state index in [4.69, 9.17) is 27.8 Å². The van der Waals surface area contributed by atoms with Crippen molar-refractivity contribution in [3.05, 3.63) is 11.1 Å². The van der Waals surface area contributed by atoms with Gasteiger partial charge >= 0.3 is 6.16 Å². The predicted molar refractivity (Wildman–Crippen MR) is 349 cm³/mol. The van der Waals surface area contributed by atoms with Crippen molar-refractivity contribution in [1.82, 2.24) is 0 Å². The van der Waals surface area contributed by atoms with Crippen molar-refractivity contribution in [2.45, 2.75) is 88.7 Å². The minimum absolute atomic E-state index is 0.173. The van der Waals surface area contributed by atoms with Gasteiger partial charge in [0, 0.05) is 50.6 Å². The van der Waals surface area contributed by atoms with Crippen LogP contribution in [0, 0.1) is 16.7 Å². The maximum atomic E-state index is 14.1. The summed E-state index contributed by atoms with van der Waals surface area (Å²) < 4.78 is 42.8. The smallest absolute Gasteiger partial charge is 0.426 e. The summed E-state index contributed by atoms with van der Waals surface area (Å²) in [5.74, 6) is -0.545. The fourth-order valence-corrected chi connectivity index (χ4v) is 204. The summed E-state index contributed by atoms with van der Waals surface area (Å²) in [7, 11) is 47.7. The van der Waals surface area contributed by atoms with Gasteiger partial charge in [-0.1, -0.05) is 37.7 Å². The molecule has 0 amide bonds. The minimum Gasteiger partial charge on any atom is -0.426 e. The van der Waals surface area contributed by atoms with Crippen LogP contribution in [0.25, 0.3) is 0 Å². The summed E-state index contributed by atoms with van der Waals surface area (Å²) in [5, 5.41) is 13.1. The molecule has 342 valence electrons. The van der Waals surface area contributed by atoms with Gasteiger partial charge in [-0.15, -0.1) is 134 Å². The summed E-state index contributed by atoms with van der Waals surface area (Å²) >= 11 is 0. The number of rotatable bonds is 17. The highest BCUT2D eigenvalue weighted by Crippen LogP contribution is 3.18. The average molecular weight is 1370 g/mol. The normalized spacial score (nSPS) is 36.7. The second-order valence-corrected chi connectivity index (χ2v) is 122. The zero-order valence-electron chi connectivity index (χ0n) is 32.6. The first-order valence-electron chi connectivity index (χ1n) is 17.2. The molecule has 0 aromatic heterocycles. The Morgan fingerprint density at radius 2 is 1.29 bits per heavy atom. The van der Waals surface area contributed by atoms with Crippen LogP contribution in [0.3, 0.4) is 0 Å². The molecule has 2 saturated carbocycles. The van der Waals surface area contributed by atoms with E-state index >= 15 is 0 Å². The second-order valence-electron chi connectivity index (χ2n) is 15.1. The lowest BCUT2D eigenvalue weighted by atomic mass is 9.45. The Labute approximate surface area is 406 Å². The van der Waals surface area contributed by atoms with Crippen LogP contribution in [-0.2, 0) is 27.8 Å². The van der Waals surface area contributed by atoms with E-state index in [1.807, 2.05) is 0 Å². The zero-order chi connectivity index (χ0) is 44.5. The molecule has 3 aliphatic carbocycles. The van der Waals surface area contributed by atoms with Crippen LogP contribution in [0.4, 0.5) is 4.79 Å². The number of hydrogen-bond donors (Lipinski definition) is 1. The van der Waals surface area contributed by atoms with Crippen molar-refractivity contribution in [3.63, 3.8) is 0 Å². The average Bonchev–Trinajstić information content (AvgIpc) is 3.43. The third kappa shape index (κ3) is 13.2. The highest BCUT2D eigenvalue weighted by Gasteiger charge is 2.78. The van der Waals surface area contributed by atoms with E-state index in [2.05, 4.69) is 171 Å². The molecular formula is C21H60O8P30. The number of carbonyl (C=O) groups is 1. The van der Waals surface area contributed by atoms with Gasteiger partial charge in [0.1, 0.15) is 5.60 Å². The van der Waals surface area contributed by atoms with Gasteiger partial charge in [-0.2, -0.15) is 0 Å². The van der Waals surface area contributed by atoms with Crippen molar-refractivity contribution in [1.29, 1.82) is 0 Å². The number of carbonyl (C=O) groups excluding carboxylic acids is 1. The largest absolute Gasteiger partial charge is 0.509 e. The van der Waals surface area contributed by atoms with E-state index in [0.717, 1.165) is 5.57 Å². The van der Waals surface area contributed by atoms with Gasteiger partial charge < -0.3 is 32.9 Å². The SMILES string of the molecule is CC1=C2C(OP(P(P)P)P(PP)P(P)P)C[C@]3(C)C(OP(P(P)P)P(P)P)CC4OC[C@@]4(O)C3C3OC(=O)OC3(CC1OP(P(P)P(P)P)P(P(P)P)P(P)P)C2(C)C. The molecule has 2 heterocycles. The first-order valence-corrected chi connectivity index (χ1v) is 69.4. The lowest BCUT2D eigenvalue weighted by molar-refractivity contribution is -0.339. The van der Waals surface area contributed by atoms with Crippen LogP contribution in [0.2, 0.25) is 0 Å². The van der Waals surface area contributed by atoms with Gasteiger partial charge in [0.2, 0.25) is 0 Å². The number of aliphatic hydroxyl groups is 1. The Kier molecular flexibility index (Phi) is 27.0. The van der Waals surface area contributed by atoms with Gasteiger partial charge in [0.15, 0.2) is 11.7 Å². The van der Waals surface area contributed by atoms with Gasteiger partial charge in [-0.25, -0.2) is 4.79 Å². The highest BCUT2D eigenvalue weighted by molar-refractivity contribution is 9.19. The molecule has 2 saturated heterocycles. The summed E-state index contributed by atoms with van der Waals surface area (Å²) in [4.78, 5) is 14.1. The summed E-state index contributed by atoms with van der Waals surface area (Å²) in [6.07, 6.45) is -1.26. The fourth-order valence-electron chi connectivity index (χ4n) is 9.08. The Morgan fingerprint density at radius 1 is 0.729 bits per heavy atom. The lowest BCUT2D eigenvalue weighted by Gasteiger charge is -2.67. The van der Waals surface area contributed by atoms with E-state index in [1.54, 1.807) is 0 Å². The van der Waals surface area contributed by atoms with E-state index in [-0.39, 0.29) is 24.9 Å². The van der Waals surface area contributed by atoms with Gasteiger partial charge in [0.05, 0.1) is 53.6 Å². The standard InChI is InChI=1S/C21H60O8P30/c1-9-10(27-49(57(45)53(37)38)59(55(41)42)56(43)44)7-21-16(25-17(22)26-21)15-19(4,12(5-13-20(15,23)8-24-13)29-47(50(31)32)51(33)34)6-11(14(9)18(21,2)3)28-48(52(35)36)58(46-30)54(39)40/h10-13,15-16,23,46H,5-8,30-45H2,1-4H3/t10?,11?,12?,13?,15?,16?,19-,20+,21?,48?,49?,57?,58?/m1/s1. The molecule has 0 aromatic carbocycles. The molecule has 5 rings (SSSR count). The van der Waals surface area contributed by atoms with Crippen LogP contribution in [0.15, 0.2) is 11.1 Å². The molecule has 38 heteroatoms. The van der Waals surface area contributed by atoms with E-state index < -0.39 is 139 Å². The van der Waals surface area contributed by atoms with Gasteiger partial charge in [0.25, 0.3) is 0 Å². The van der Waals surface area contributed by atoms with Crippen LogP contribution < -0.4 is 0 Å². The van der Waals surface area contributed by atoms with E-state index in [0.29, 0.717) is 27.2 Å². The molecule has 0 radical (unpaired) electrons. The zero-order valence-corrected chi connectivity index (χ0v) is 63.8. The van der Waals surface area contributed by atoms with E-state index in [9.17, 15) is 9.90 Å². The minimum atomic E-state index is -1.25. The third-order valence-electron chi connectivity index (χ3n) is 11.5. The first kappa shape index (κ1) is 61.6. The molecule has 1 N–H and O–H groups in total. The molecule has 8 nitrogen and oxygen atoms in total. The van der Waals surface area contributed by atoms with Crippen LogP contribution in [0.5, 0.6) is 0 Å². The first-order chi connectivity index (χ1) is 27.2. The summed E-state index contributed by atoms with van der Waals surface area (Å²) in [6.45, 7) is 4.30. The van der Waals surface area contributed by atoms with Crippen molar-refractivity contribution >= 4 is 249 Å². The molecule has 30 atom stereocenters. The molecule has 4 fully saturated rings. The molecule has 2 aliphatic heterocycles. The predicted octanol–water partition coefficient (Wildman–Crippen LogP) is 19.1. The molecule has 59 heavy (non-hydrogen) atoms. The lowest BCUT2D eigenvalue weighted by Crippen LogP contribution is -2.78. The molecule has 5 aliphatic rings. The Morgan fingerprint density at radius 3 is 1.75 bits per heavy atom. The fraction of sp³-hybridized carbons (Fsp3) is 0.857. The molecule has 28 unspecified atom stereocenters. The maximum Gasteiger partial charge on any atom is 0.509 e. The summed E-state index contributed by atoms with van der Waals surface area (Å²) in [6, 6.07) is 0. The molecule has 0 aromatic rings. The van der Waals surface area contributed by atoms with Crippen molar-refractivity contribution < 1.29 is 37.7 Å². The summed E-state index contributed by atoms with van der Waals surface area (Å²) in [5.41, 5.74) is -1.45. The van der Waals surface area contributed by atoms with Crippen LogP contribution in [0.1, 0.15) is 47.0 Å². The quantitative estimate of drug-likeness (QED) is 0.0875. The van der Waals surface area contributed by atoms with Gasteiger partial charge in [-0.3, -0.25) is 0 Å². The maximum absolute atomic E-state index is 14.1. The Balaban J connectivity index is 1.83. The van der Waals surface area contributed by atoms with Gasteiger partial charge in [-0.05, 0) is 73.4 Å². The van der Waals surface area contributed by atoms with E-state index in [1.165, 1.54) is 5.57 Å². The third-order valence-corrected chi connectivity index (χ3v) is 152. The Hall–Kier alpha value is 11.7. The Bertz CT molecular complexity index is 1510. The van der Waals surface area contributed by atoms with Crippen molar-refractivity contribution in [2.24, 2.45) is 16.7 Å². The van der Waals surface area contributed by atoms with Crippen LogP contribution >= 0.6 is 243 Å². The van der Waals surface area contributed by atoms with Crippen LogP contribution in [-0.4, -0.2) is 59.6 Å². The topological polar surface area (TPSA) is 92.7 Å². The van der Waals surface area contributed by atoms with Crippen molar-refractivity contribution in [3.8, 4) is 0 Å². The number of hydrogen-bond acceptors (Lipinski definition) is 8. The monoisotopic (exact) mass is 1370 g/mol. The molecular weight excluding hydrogens is 1310 g/mol. The van der Waals surface area contributed by atoms with Crippen molar-refractivity contribution in [2.75, 3.05) is 6.61 Å². The molecule has 2 bridgehead atoms. The number of fused-ring (bicyclic) bond motifs is 5. The molecule has 1 spiro atoms. The highest BCUT2D eigenvalue weighted by atomic mass is 33.2. The number of ether oxygens (including phenoxy) is 3.